The quantitative estimate of drug-likeness (QED) is 0.431. The van der Waals surface area contributed by atoms with Gasteiger partial charge in [0.05, 0.1) is 12.0 Å². The van der Waals surface area contributed by atoms with E-state index in [4.69, 9.17) is 0 Å². The van der Waals surface area contributed by atoms with Crippen LogP contribution in [0.25, 0.3) is 11.1 Å². The molecule has 3 N–H and O–H groups in total. The van der Waals surface area contributed by atoms with E-state index in [9.17, 15) is 32.3 Å². The Kier molecular flexibility index (Phi) is 7.39. The van der Waals surface area contributed by atoms with E-state index < -0.39 is 74.7 Å². The number of halogens is 3. The molecule has 234 valence electrons. The first-order valence-electron chi connectivity index (χ1n) is 14.5. The summed E-state index contributed by atoms with van der Waals surface area (Å²) >= 11 is 0. The molecule has 0 radical (unpaired) electrons. The normalized spacial score (nSPS) is 27.3. The molecule has 2 aromatic carbocycles. The standard InChI is InChI=1S/C31H32F3N3O6S/c1-44(42,43)25(32)15-18(14-17-12-13-35-27(17)38)36-28(39)26-24-11-10-19(16-30(24,33)34)37(26)29(40)31(41)22-8-4-2-6-20(22)21-7-3-5-9-23(21)31/h2-9,15,17-19,24,26,41H,10-14,16H2,1H3,(H,35,38)(H,36,39)/b25-15+/t17-,18-,19-,24-,26+/m0/s1. The van der Waals surface area contributed by atoms with Gasteiger partial charge in [0.15, 0.2) is 5.60 Å². The third-order valence-electron chi connectivity index (χ3n) is 9.39. The second-order valence-electron chi connectivity index (χ2n) is 12.1. The number of hydrogen-bond acceptors (Lipinski definition) is 6. The van der Waals surface area contributed by atoms with Crippen LogP contribution < -0.4 is 10.6 Å². The SMILES string of the molecule is CS(=O)(=O)/C(F)=C/[C@H](C[C@@H]1CCNC1=O)NC(=O)[C@H]1[C@@H]2CC[C@@H](CC2(F)F)N1C(=O)C1(O)c2ccccc2-c2ccccc21. The summed E-state index contributed by atoms with van der Waals surface area (Å²) < 4.78 is 69.1. The number of carbonyl (C=O) groups is 3. The Morgan fingerprint density at radius 2 is 1.70 bits per heavy atom. The number of nitrogens with one attached hydrogen (secondary N) is 2. The molecule has 0 unspecified atom stereocenters. The maximum Gasteiger partial charge on any atom is 0.264 e. The van der Waals surface area contributed by atoms with Crippen molar-refractivity contribution in [1.29, 1.82) is 0 Å². The summed E-state index contributed by atoms with van der Waals surface area (Å²) in [4.78, 5) is 41.8. The molecule has 2 aromatic rings. The summed E-state index contributed by atoms with van der Waals surface area (Å²) in [5, 5.41) is 15.8. The fourth-order valence-corrected chi connectivity index (χ4v) is 7.73. The van der Waals surface area contributed by atoms with Crippen LogP contribution in [0.15, 0.2) is 59.8 Å². The van der Waals surface area contributed by atoms with E-state index >= 15 is 8.78 Å². The largest absolute Gasteiger partial charge is 0.372 e. The van der Waals surface area contributed by atoms with E-state index in [-0.39, 0.29) is 36.3 Å². The summed E-state index contributed by atoms with van der Waals surface area (Å²) in [6.07, 6.45) is 0.872. The number of nitrogens with zero attached hydrogens (tertiary/aromatic N) is 1. The highest BCUT2D eigenvalue weighted by Crippen LogP contribution is 2.53. The van der Waals surface area contributed by atoms with Gasteiger partial charge in [0.25, 0.3) is 11.8 Å². The number of fused-ring (bicyclic) bond motifs is 6. The predicted molar refractivity (Wildman–Crippen MR) is 153 cm³/mol. The lowest BCUT2D eigenvalue weighted by molar-refractivity contribution is -0.201. The second-order valence-corrected chi connectivity index (χ2v) is 14.1. The molecule has 2 bridgehead atoms. The molecular weight excluding hydrogens is 599 g/mol. The van der Waals surface area contributed by atoms with Gasteiger partial charge in [-0.3, -0.25) is 14.4 Å². The molecule has 1 saturated carbocycles. The molecule has 44 heavy (non-hydrogen) atoms. The third kappa shape index (κ3) is 4.90. The highest BCUT2D eigenvalue weighted by atomic mass is 32.2. The van der Waals surface area contributed by atoms with Crippen molar-refractivity contribution in [3.05, 3.63) is 70.9 Å². The van der Waals surface area contributed by atoms with Crippen molar-refractivity contribution in [2.45, 2.75) is 61.8 Å². The van der Waals surface area contributed by atoms with Gasteiger partial charge in [-0.2, -0.15) is 4.39 Å². The molecule has 9 nitrogen and oxygen atoms in total. The molecule has 3 amide bonds. The number of carbonyl (C=O) groups excluding carboxylic acids is 3. The van der Waals surface area contributed by atoms with Crippen LogP contribution in [0.4, 0.5) is 13.2 Å². The van der Waals surface area contributed by atoms with Crippen molar-refractivity contribution in [2.24, 2.45) is 11.8 Å². The van der Waals surface area contributed by atoms with Gasteiger partial charge in [0, 0.05) is 42.3 Å². The number of alkyl halides is 2. The van der Waals surface area contributed by atoms with Crippen LogP contribution in [0.3, 0.4) is 0 Å². The van der Waals surface area contributed by atoms with Crippen molar-refractivity contribution in [1.82, 2.24) is 15.5 Å². The second kappa shape index (κ2) is 10.7. The molecule has 3 saturated heterocycles. The van der Waals surface area contributed by atoms with Gasteiger partial charge in [-0.1, -0.05) is 48.5 Å². The molecule has 3 aliphatic heterocycles. The van der Waals surface area contributed by atoms with Crippen LogP contribution >= 0.6 is 0 Å². The van der Waals surface area contributed by atoms with Gasteiger partial charge in [-0.05, 0) is 42.9 Å². The molecule has 4 fully saturated rings. The smallest absolute Gasteiger partial charge is 0.264 e. The molecular formula is C31H32F3N3O6S. The molecule has 5 atom stereocenters. The molecule has 7 rings (SSSR count). The minimum Gasteiger partial charge on any atom is -0.372 e. The lowest BCUT2D eigenvalue weighted by Gasteiger charge is -2.55. The van der Waals surface area contributed by atoms with Gasteiger partial charge in [0.1, 0.15) is 6.04 Å². The average molecular weight is 632 g/mol. The molecule has 13 heteroatoms. The van der Waals surface area contributed by atoms with Gasteiger partial charge in [-0.15, -0.1) is 0 Å². The number of piperidine rings is 2. The van der Waals surface area contributed by atoms with E-state index in [1.54, 1.807) is 48.5 Å². The zero-order chi connectivity index (χ0) is 31.6. The summed E-state index contributed by atoms with van der Waals surface area (Å²) in [6, 6.07) is 9.27. The van der Waals surface area contributed by atoms with E-state index in [0.29, 0.717) is 36.4 Å². The van der Waals surface area contributed by atoms with E-state index in [2.05, 4.69) is 10.6 Å². The Labute approximate surface area is 252 Å². The highest BCUT2D eigenvalue weighted by molar-refractivity contribution is 7.94. The number of amides is 3. The first-order chi connectivity index (χ1) is 20.7. The maximum absolute atomic E-state index is 15.4. The van der Waals surface area contributed by atoms with E-state index in [1.165, 1.54) is 0 Å². The molecule has 0 aromatic heterocycles. The van der Waals surface area contributed by atoms with Crippen LogP contribution in [-0.4, -0.2) is 73.0 Å². The first-order valence-corrected chi connectivity index (χ1v) is 16.4. The van der Waals surface area contributed by atoms with Crippen molar-refractivity contribution < 1.29 is 41.1 Å². The molecule has 0 spiro atoms. The van der Waals surface area contributed by atoms with Gasteiger partial charge in [0.2, 0.25) is 26.8 Å². The number of sulfone groups is 1. The molecule has 2 aliphatic carbocycles. The first kappa shape index (κ1) is 30.3. The maximum atomic E-state index is 15.4. The van der Waals surface area contributed by atoms with Crippen LogP contribution in [0.2, 0.25) is 0 Å². The average Bonchev–Trinajstić information content (AvgIpc) is 3.50. The topological polar surface area (TPSA) is 133 Å². The zero-order valence-electron chi connectivity index (χ0n) is 23.8. The summed E-state index contributed by atoms with van der Waals surface area (Å²) in [6.45, 7) is 0.338. The number of aliphatic hydroxyl groups is 1. The highest BCUT2D eigenvalue weighted by Gasteiger charge is 2.63. The Bertz CT molecular complexity index is 1630. The van der Waals surface area contributed by atoms with Crippen molar-refractivity contribution in [3.8, 4) is 11.1 Å². The van der Waals surface area contributed by atoms with Crippen LogP contribution in [0.1, 0.15) is 43.2 Å². The Morgan fingerprint density at radius 3 is 2.25 bits per heavy atom. The fraction of sp³-hybridized carbons (Fsp3) is 0.452. The van der Waals surface area contributed by atoms with Crippen LogP contribution in [-0.2, 0) is 29.8 Å². The number of hydrogen-bond donors (Lipinski definition) is 3. The monoisotopic (exact) mass is 631 g/mol. The van der Waals surface area contributed by atoms with Crippen LogP contribution in [0.5, 0.6) is 0 Å². The predicted octanol–water partition coefficient (Wildman–Crippen LogP) is 2.78. The minimum atomic E-state index is -4.31. The fourth-order valence-electron chi connectivity index (χ4n) is 7.32. The number of rotatable bonds is 7. The molecule has 5 aliphatic rings. The third-order valence-corrected chi connectivity index (χ3v) is 10.2. The van der Waals surface area contributed by atoms with E-state index in [1.807, 2.05) is 0 Å². The Hall–Kier alpha value is -3.71. The Balaban J connectivity index is 1.39. The summed E-state index contributed by atoms with van der Waals surface area (Å²) in [7, 11) is -4.31. The van der Waals surface area contributed by atoms with Crippen molar-refractivity contribution in [2.75, 3.05) is 12.8 Å². The van der Waals surface area contributed by atoms with Crippen molar-refractivity contribution in [3.63, 3.8) is 0 Å². The van der Waals surface area contributed by atoms with E-state index in [0.717, 1.165) is 4.90 Å². The van der Waals surface area contributed by atoms with Gasteiger partial charge >= 0.3 is 0 Å². The van der Waals surface area contributed by atoms with Crippen LogP contribution in [0, 0.1) is 11.8 Å². The summed E-state index contributed by atoms with van der Waals surface area (Å²) in [5.41, 5.74) is -0.529. The van der Waals surface area contributed by atoms with Gasteiger partial charge < -0.3 is 20.6 Å². The zero-order valence-corrected chi connectivity index (χ0v) is 24.6. The minimum absolute atomic E-state index is 0.0750. The lowest BCUT2D eigenvalue weighted by atomic mass is 9.70. The van der Waals surface area contributed by atoms with Crippen molar-refractivity contribution >= 4 is 27.6 Å². The van der Waals surface area contributed by atoms with Gasteiger partial charge in [-0.25, -0.2) is 17.2 Å². The molecule has 3 heterocycles. The summed E-state index contributed by atoms with van der Waals surface area (Å²) in [5.74, 6) is -7.94. The lowest BCUT2D eigenvalue weighted by Crippen LogP contribution is -2.70. The number of benzene rings is 2. The Morgan fingerprint density at radius 1 is 1.09 bits per heavy atom.